The lowest BCUT2D eigenvalue weighted by Gasteiger charge is -2.19. The average molecular weight is 281 g/mol. The highest BCUT2D eigenvalue weighted by Crippen LogP contribution is 2.00. The van der Waals surface area contributed by atoms with Crippen LogP contribution in [0.5, 0.6) is 0 Å². The van der Waals surface area contributed by atoms with Crippen LogP contribution in [0.4, 0.5) is 0 Å². The van der Waals surface area contributed by atoms with Crippen molar-refractivity contribution in [3.63, 3.8) is 0 Å². The molecule has 0 aromatic rings. The zero-order valence-corrected chi connectivity index (χ0v) is 12.6. The van der Waals surface area contributed by atoms with Crippen LogP contribution in [0.3, 0.4) is 0 Å². The summed E-state index contributed by atoms with van der Waals surface area (Å²) in [7, 11) is 2.04. The average Bonchev–Trinajstić information content (AvgIpc) is 2.31. The van der Waals surface area contributed by atoms with Crippen LogP contribution >= 0.6 is 24.4 Å². The quantitative estimate of drug-likeness (QED) is 0.373. The molecule has 102 valence electrons. The monoisotopic (exact) mass is 281 g/mol. The smallest absolute Gasteiger partial charge is 0.214 e. The van der Waals surface area contributed by atoms with Crippen molar-refractivity contribution < 1.29 is 14.3 Å². The summed E-state index contributed by atoms with van der Waals surface area (Å²) in [6.07, 6.45) is 2.73. The van der Waals surface area contributed by atoms with Gasteiger partial charge in [0.15, 0.2) is 0 Å². The van der Waals surface area contributed by atoms with E-state index >= 15 is 0 Å². The molecule has 17 heavy (non-hydrogen) atoms. The van der Waals surface area contributed by atoms with Crippen LogP contribution in [0.1, 0.15) is 13.3 Å². The number of rotatable bonds is 10. The molecule has 0 aromatic carbocycles. The van der Waals surface area contributed by atoms with Crippen LogP contribution in [-0.2, 0) is 14.3 Å². The van der Waals surface area contributed by atoms with E-state index in [1.165, 1.54) is 11.8 Å². The lowest BCUT2D eigenvalue weighted by atomic mass is 10.4. The van der Waals surface area contributed by atoms with Crippen LogP contribution in [0.15, 0.2) is 0 Å². The van der Waals surface area contributed by atoms with Crippen LogP contribution in [-0.4, -0.2) is 61.7 Å². The van der Waals surface area contributed by atoms with Gasteiger partial charge in [-0.15, -0.1) is 0 Å². The number of hydrogen-bond acceptors (Lipinski definition) is 6. The number of hydrogen-bond donors (Lipinski definition) is 1. The third-order valence-corrected chi connectivity index (χ3v) is 3.22. The molecule has 0 N–H and O–H groups in total. The molecule has 0 rings (SSSR count). The van der Waals surface area contributed by atoms with Gasteiger partial charge >= 0.3 is 0 Å². The molecule has 0 bridgehead atoms. The fraction of sp³-hybridized carbons (Fsp3) is 0.909. The minimum atomic E-state index is 0.0504. The number of carbonyl (C=O) groups is 1. The van der Waals surface area contributed by atoms with E-state index in [9.17, 15) is 4.79 Å². The number of carbonyl (C=O) groups excluding carboxylic acids is 1. The summed E-state index contributed by atoms with van der Waals surface area (Å²) in [4.78, 5) is 13.0. The van der Waals surface area contributed by atoms with Gasteiger partial charge in [0.05, 0.1) is 13.2 Å². The Morgan fingerprint density at radius 3 is 2.59 bits per heavy atom. The van der Waals surface area contributed by atoms with Crippen LogP contribution in [0, 0.1) is 0 Å². The molecule has 0 heterocycles. The highest BCUT2D eigenvalue weighted by molar-refractivity contribution is 8.13. The van der Waals surface area contributed by atoms with E-state index in [4.69, 9.17) is 9.47 Å². The van der Waals surface area contributed by atoms with Crippen molar-refractivity contribution in [3.05, 3.63) is 0 Å². The maximum Gasteiger partial charge on any atom is 0.214 e. The van der Waals surface area contributed by atoms with Gasteiger partial charge in [-0.1, -0.05) is 11.8 Å². The lowest BCUT2D eigenvalue weighted by molar-refractivity contribution is -0.115. The van der Waals surface area contributed by atoms with Crippen molar-refractivity contribution in [1.82, 2.24) is 4.90 Å². The highest BCUT2D eigenvalue weighted by atomic mass is 32.2. The summed E-state index contributed by atoms with van der Waals surface area (Å²) >= 11 is 5.51. The second-order valence-electron chi connectivity index (χ2n) is 3.71. The Kier molecular flexibility index (Phi) is 11.5. The molecule has 0 aromatic heterocycles. The van der Waals surface area contributed by atoms with E-state index in [2.05, 4.69) is 17.5 Å². The molecule has 0 saturated heterocycles. The first-order valence-corrected chi connectivity index (χ1v) is 7.42. The Hall–Kier alpha value is 0.250. The standard InChI is InChI=1S/C11H23NO3S2/c1-10(16)12(2)5-4-6-14-7-8-15-9-11(13)17-3/h10,16H,4-9H2,1-3H3. The molecule has 4 nitrogen and oxygen atoms in total. The maximum atomic E-state index is 10.9. The number of thiol groups is 1. The minimum absolute atomic E-state index is 0.0504. The highest BCUT2D eigenvalue weighted by Gasteiger charge is 2.02. The molecule has 0 radical (unpaired) electrons. The van der Waals surface area contributed by atoms with Crippen molar-refractivity contribution in [3.8, 4) is 0 Å². The lowest BCUT2D eigenvalue weighted by Crippen LogP contribution is -2.26. The summed E-state index contributed by atoms with van der Waals surface area (Å²) in [5.41, 5.74) is 0. The molecular formula is C11H23NO3S2. The molecule has 0 saturated carbocycles. The first-order chi connectivity index (χ1) is 8.07. The molecular weight excluding hydrogens is 258 g/mol. The van der Waals surface area contributed by atoms with Crippen LogP contribution < -0.4 is 0 Å². The molecule has 6 heteroatoms. The predicted octanol–water partition coefficient (Wildman–Crippen LogP) is 1.51. The molecule has 0 amide bonds. The Balaban J connectivity index is 3.16. The van der Waals surface area contributed by atoms with Crippen LogP contribution in [0.25, 0.3) is 0 Å². The second kappa shape index (κ2) is 11.3. The van der Waals surface area contributed by atoms with E-state index in [0.29, 0.717) is 19.8 Å². The number of ether oxygens (including phenoxy) is 2. The van der Waals surface area contributed by atoms with E-state index in [1.54, 1.807) is 6.26 Å². The fourth-order valence-corrected chi connectivity index (χ4v) is 1.35. The molecule has 0 aliphatic carbocycles. The topological polar surface area (TPSA) is 38.8 Å². The van der Waals surface area contributed by atoms with Crippen molar-refractivity contribution in [2.45, 2.75) is 18.7 Å². The number of thioether (sulfide) groups is 1. The molecule has 0 fully saturated rings. The van der Waals surface area contributed by atoms with E-state index in [1.807, 2.05) is 14.0 Å². The van der Waals surface area contributed by atoms with Crippen LogP contribution in [0.2, 0.25) is 0 Å². The fourth-order valence-electron chi connectivity index (χ4n) is 1.04. The molecule has 1 atom stereocenters. The summed E-state index contributed by atoms with van der Waals surface area (Å²) < 4.78 is 10.5. The van der Waals surface area contributed by atoms with Gasteiger partial charge in [-0.3, -0.25) is 9.69 Å². The number of nitrogens with zero attached hydrogens (tertiary/aromatic N) is 1. The van der Waals surface area contributed by atoms with Gasteiger partial charge in [-0.25, -0.2) is 0 Å². The van der Waals surface area contributed by atoms with E-state index in [0.717, 1.165) is 13.0 Å². The zero-order chi connectivity index (χ0) is 13.1. The third-order valence-electron chi connectivity index (χ3n) is 2.26. The molecule has 0 aliphatic rings. The Morgan fingerprint density at radius 2 is 2.00 bits per heavy atom. The second-order valence-corrected chi connectivity index (χ2v) is 5.32. The summed E-state index contributed by atoms with van der Waals surface area (Å²) in [5, 5.41) is 0.324. The summed E-state index contributed by atoms with van der Waals surface area (Å²) in [6.45, 7) is 4.92. The van der Waals surface area contributed by atoms with E-state index < -0.39 is 0 Å². The van der Waals surface area contributed by atoms with E-state index in [-0.39, 0.29) is 17.1 Å². The Bertz CT molecular complexity index is 203. The van der Waals surface area contributed by atoms with Crippen molar-refractivity contribution in [1.29, 1.82) is 0 Å². The van der Waals surface area contributed by atoms with Gasteiger partial charge in [0.2, 0.25) is 5.12 Å². The first-order valence-electron chi connectivity index (χ1n) is 5.68. The summed E-state index contributed by atoms with van der Waals surface area (Å²) in [5.74, 6) is 0. The third kappa shape index (κ3) is 11.1. The SMILES string of the molecule is CSC(=O)COCCOCCCN(C)C(C)S. The maximum absolute atomic E-state index is 10.9. The normalized spacial score (nSPS) is 13.0. The van der Waals surface area contributed by atoms with Crippen molar-refractivity contribution >= 4 is 29.5 Å². The van der Waals surface area contributed by atoms with Gasteiger partial charge in [0.25, 0.3) is 0 Å². The van der Waals surface area contributed by atoms with Gasteiger partial charge < -0.3 is 9.47 Å². The molecule has 1 unspecified atom stereocenters. The Labute approximate surface area is 114 Å². The van der Waals surface area contributed by atoms with Gasteiger partial charge in [0, 0.05) is 18.5 Å². The molecule has 0 aliphatic heterocycles. The predicted molar refractivity (Wildman–Crippen MR) is 75.9 cm³/mol. The van der Waals surface area contributed by atoms with Crippen molar-refractivity contribution in [2.75, 3.05) is 46.3 Å². The van der Waals surface area contributed by atoms with Gasteiger partial charge in [0.1, 0.15) is 6.61 Å². The molecule has 0 spiro atoms. The van der Waals surface area contributed by atoms with Gasteiger partial charge in [-0.2, -0.15) is 12.6 Å². The minimum Gasteiger partial charge on any atom is -0.379 e. The first kappa shape index (κ1) is 17.2. The van der Waals surface area contributed by atoms with Gasteiger partial charge in [-0.05, 0) is 26.6 Å². The largest absolute Gasteiger partial charge is 0.379 e. The summed E-state index contributed by atoms with van der Waals surface area (Å²) in [6, 6.07) is 0. The Morgan fingerprint density at radius 1 is 1.35 bits per heavy atom. The zero-order valence-electron chi connectivity index (χ0n) is 10.8. The van der Waals surface area contributed by atoms with Crippen molar-refractivity contribution in [2.24, 2.45) is 0 Å².